The van der Waals surface area contributed by atoms with E-state index in [1.807, 2.05) is 31.3 Å². The summed E-state index contributed by atoms with van der Waals surface area (Å²) in [7, 11) is 3.49. The van der Waals surface area contributed by atoms with Crippen LogP contribution in [0.2, 0.25) is 0 Å². The number of nitrogens with zero attached hydrogens (tertiary/aromatic N) is 1. The van der Waals surface area contributed by atoms with Crippen molar-refractivity contribution in [2.75, 3.05) is 27.3 Å². The van der Waals surface area contributed by atoms with Gasteiger partial charge in [0.1, 0.15) is 0 Å². The lowest BCUT2D eigenvalue weighted by atomic mass is 10.2. The van der Waals surface area contributed by atoms with E-state index in [9.17, 15) is 4.79 Å². The highest BCUT2D eigenvalue weighted by molar-refractivity contribution is 14.1. The molecule has 1 amide bonds. The van der Waals surface area contributed by atoms with Gasteiger partial charge in [0.15, 0.2) is 0 Å². The van der Waals surface area contributed by atoms with Crippen molar-refractivity contribution >= 4 is 28.5 Å². The Balaban J connectivity index is 2.60. The van der Waals surface area contributed by atoms with Gasteiger partial charge in [-0.3, -0.25) is 4.79 Å². The van der Waals surface area contributed by atoms with Gasteiger partial charge in [0.25, 0.3) is 5.91 Å². The molecule has 0 aliphatic rings. The lowest BCUT2D eigenvalue weighted by Gasteiger charge is -2.17. The number of rotatable bonds is 5. The first-order chi connectivity index (χ1) is 7.66. The fraction of sp³-hybridized carbons (Fsp3) is 0.417. The van der Waals surface area contributed by atoms with Gasteiger partial charge in [0, 0.05) is 30.9 Å². The number of ether oxygens (including phenoxy) is 1. The number of carbonyl (C=O) groups is 1. The Bertz CT molecular complexity index is 355. The molecule has 3 nitrogen and oxygen atoms in total. The molecule has 0 spiro atoms. The third kappa shape index (κ3) is 3.75. The predicted octanol–water partition coefficient (Wildman–Crippen LogP) is 2.40. The Hall–Kier alpha value is -0.620. The van der Waals surface area contributed by atoms with Crippen molar-refractivity contribution in [3.8, 4) is 0 Å². The normalized spacial score (nSPS) is 10.2. The summed E-state index contributed by atoms with van der Waals surface area (Å²) in [6.07, 6.45) is 0.863. The number of amides is 1. The molecular formula is C12H16INO2. The summed E-state index contributed by atoms with van der Waals surface area (Å²) < 4.78 is 5.95. The Labute approximate surface area is 110 Å². The minimum atomic E-state index is 0.0705. The summed E-state index contributed by atoms with van der Waals surface area (Å²) in [5.41, 5.74) is 0.767. The molecule has 88 valence electrons. The van der Waals surface area contributed by atoms with E-state index in [4.69, 9.17) is 4.74 Å². The summed E-state index contributed by atoms with van der Waals surface area (Å²) in [6.45, 7) is 1.40. The van der Waals surface area contributed by atoms with E-state index < -0.39 is 0 Å². The average molecular weight is 333 g/mol. The van der Waals surface area contributed by atoms with Gasteiger partial charge in [-0.15, -0.1) is 0 Å². The van der Waals surface area contributed by atoms with Crippen molar-refractivity contribution < 1.29 is 9.53 Å². The van der Waals surface area contributed by atoms with Crippen LogP contribution >= 0.6 is 22.6 Å². The standard InChI is InChI=1S/C12H16INO2/c1-14(8-5-9-16-2)12(15)10-6-3-4-7-11(10)13/h3-4,6-7H,5,8-9H2,1-2H3. The molecular weight excluding hydrogens is 317 g/mol. The van der Waals surface area contributed by atoms with E-state index in [0.717, 1.165) is 22.1 Å². The molecule has 0 bridgehead atoms. The Morgan fingerprint density at radius 1 is 1.44 bits per heavy atom. The van der Waals surface area contributed by atoms with Gasteiger partial charge in [-0.2, -0.15) is 0 Å². The average Bonchev–Trinajstić information content (AvgIpc) is 2.29. The maximum Gasteiger partial charge on any atom is 0.254 e. The highest BCUT2D eigenvalue weighted by Gasteiger charge is 2.13. The molecule has 0 atom stereocenters. The lowest BCUT2D eigenvalue weighted by Crippen LogP contribution is -2.28. The molecule has 16 heavy (non-hydrogen) atoms. The van der Waals surface area contributed by atoms with Gasteiger partial charge < -0.3 is 9.64 Å². The first-order valence-corrected chi connectivity index (χ1v) is 6.23. The molecule has 0 heterocycles. The molecule has 0 saturated heterocycles. The smallest absolute Gasteiger partial charge is 0.254 e. The second kappa shape index (κ2) is 6.85. The fourth-order valence-corrected chi connectivity index (χ4v) is 2.01. The summed E-state index contributed by atoms with van der Waals surface area (Å²) in [6, 6.07) is 7.62. The van der Waals surface area contributed by atoms with E-state index in [1.54, 1.807) is 12.0 Å². The molecule has 0 aliphatic carbocycles. The van der Waals surface area contributed by atoms with Crippen molar-refractivity contribution in [3.05, 3.63) is 33.4 Å². The third-order valence-corrected chi connectivity index (χ3v) is 3.23. The quantitative estimate of drug-likeness (QED) is 0.612. The van der Waals surface area contributed by atoms with E-state index in [2.05, 4.69) is 22.6 Å². The number of benzene rings is 1. The second-order valence-electron chi connectivity index (χ2n) is 3.55. The third-order valence-electron chi connectivity index (χ3n) is 2.29. The van der Waals surface area contributed by atoms with Crippen LogP contribution in [0.4, 0.5) is 0 Å². The predicted molar refractivity (Wildman–Crippen MR) is 72.6 cm³/mol. The van der Waals surface area contributed by atoms with Crippen LogP contribution in [-0.4, -0.2) is 38.1 Å². The minimum absolute atomic E-state index is 0.0705. The topological polar surface area (TPSA) is 29.5 Å². The molecule has 1 aromatic rings. The lowest BCUT2D eigenvalue weighted by molar-refractivity contribution is 0.0778. The van der Waals surface area contributed by atoms with E-state index in [1.165, 1.54) is 0 Å². The molecule has 4 heteroatoms. The van der Waals surface area contributed by atoms with E-state index in [0.29, 0.717) is 6.61 Å². The molecule has 0 aromatic heterocycles. The number of carbonyl (C=O) groups excluding carboxylic acids is 1. The second-order valence-corrected chi connectivity index (χ2v) is 4.72. The number of halogens is 1. The Morgan fingerprint density at radius 2 is 2.12 bits per heavy atom. The van der Waals surface area contributed by atoms with Crippen LogP contribution in [0.5, 0.6) is 0 Å². The van der Waals surface area contributed by atoms with Crippen LogP contribution in [0.3, 0.4) is 0 Å². The molecule has 1 rings (SSSR count). The first kappa shape index (κ1) is 13.4. The van der Waals surface area contributed by atoms with Gasteiger partial charge in [-0.25, -0.2) is 0 Å². The zero-order valence-electron chi connectivity index (χ0n) is 9.57. The summed E-state index contributed by atoms with van der Waals surface area (Å²) in [5.74, 6) is 0.0705. The molecule has 0 unspecified atom stereocenters. The largest absolute Gasteiger partial charge is 0.385 e. The van der Waals surface area contributed by atoms with Crippen molar-refractivity contribution in [1.29, 1.82) is 0 Å². The Morgan fingerprint density at radius 3 is 2.75 bits per heavy atom. The van der Waals surface area contributed by atoms with Gasteiger partial charge in [-0.1, -0.05) is 12.1 Å². The van der Waals surface area contributed by atoms with Crippen molar-refractivity contribution in [2.24, 2.45) is 0 Å². The van der Waals surface area contributed by atoms with Crippen LogP contribution in [0.1, 0.15) is 16.8 Å². The zero-order chi connectivity index (χ0) is 12.0. The van der Waals surface area contributed by atoms with Gasteiger partial charge >= 0.3 is 0 Å². The maximum atomic E-state index is 12.0. The number of hydrogen-bond acceptors (Lipinski definition) is 2. The summed E-state index contributed by atoms with van der Waals surface area (Å²) in [4.78, 5) is 13.8. The van der Waals surface area contributed by atoms with Crippen molar-refractivity contribution in [3.63, 3.8) is 0 Å². The number of hydrogen-bond donors (Lipinski definition) is 0. The molecule has 0 saturated carbocycles. The number of methoxy groups -OCH3 is 1. The van der Waals surface area contributed by atoms with Gasteiger partial charge in [0.2, 0.25) is 0 Å². The molecule has 0 N–H and O–H groups in total. The van der Waals surface area contributed by atoms with Crippen LogP contribution < -0.4 is 0 Å². The van der Waals surface area contributed by atoms with Crippen LogP contribution in [-0.2, 0) is 4.74 Å². The maximum absolute atomic E-state index is 12.0. The van der Waals surface area contributed by atoms with E-state index >= 15 is 0 Å². The van der Waals surface area contributed by atoms with Gasteiger partial charge in [-0.05, 0) is 41.1 Å². The monoisotopic (exact) mass is 333 g/mol. The van der Waals surface area contributed by atoms with Crippen LogP contribution in [0.25, 0.3) is 0 Å². The highest BCUT2D eigenvalue weighted by atomic mass is 127. The molecule has 0 aliphatic heterocycles. The van der Waals surface area contributed by atoms with Crippen LogP contribution in [0, 0.1) is 3.57 Å². The summed E-state index contributed by atoms with van der Waals surface area (Å²) >= 11 is 2.18. The van der Waals surface area contributed by atoms with Crippen LogP contribution in [0.15, 0.2) is 24.3 Å². The molecule has 1 aromatic carbocycles. The fourth-order valence-electron chi connectivity index (χ4n) is 1.39. The van der Waals surface area contributed by atoms with Gasteiger partial charge in [0.05, 0.1) is 5.56 Å². The zero-order valence-corrected chi connectivity index (χ0v) is 11.7. The first-order valence-electron chi connectivity index (χ1n) is 5.15. The Kier molecular flexibility index (Phi) is 5.76. The highest BCUT2D eigenvalue weighted by Crippen LogP contribution is 2.13. The summed E-state index contributed by atoms with van der Waals surface area (Å²) in [5, 5.41) is 0. The SMILES string of the molecule is COCCCN(C)C(=O)c1ccccc1I. The van der Waals surface area contributed by atoms with E-state index in [-0.39, 0.29) is 5.91 Å². The van der Waals surface area contributed by atoms with Crippen molar-refractivity contribution in [2.45, 2.75) is 6.42 Å². The minimum Gasteiger partial charge on any atom is -0.385 e. The van der Waals surface area contributed by atoms with Crippen molar-refractivity contribution in [1.82, 2.24) is 4.90 Å². The molecule has 0 fully saturated rings. The molecule has 0 radical (unpaired) electrons.